The summed E-state index contributed by atoms with van der Waals surface area (Å²) >= 11 is 8.82. The lowest BCUT2D eigenvalue weighted by Crippen LogP contribution is -1.96. The minimum Gasteiger partial charge on any atom is -0.430 e. The van der Waals surface area contributed by atoms with Crippen LogP contribution in [-0.2, 0) is 0 Å². The third kappa shape index (κ3) is 2.96. The molecule has 1 aromatic carbocycles. The van der Waals surface area contributed by atoms with Crippen molar-refractivity contribution in [3.8, 4) is 11.6 Å². The molecule has 6 nitrogen and oxygen atoms in total. The fraction of sp³-hybridized carbons (Fsp3) is 0. The molecule has 0 aliphatic rings. The zero-order chi connectivity index (χ0) is 14.0. The summed E-state index contributed by atoms with van der Waals surface area (Å²) in [5, 5.41) is 10.9. The molecule has 1 aromatic heterocycles. The molecule has 98 valence electrons. The predicted molar refractivity (Wildman–Crippen MR) is 67.9 cm³/mol. The number of hydrogen-bond acceptors (Lipinski definition) is 5. The fourth-order valence-electron chi connectivity index (χ4n) is 1.23. The molecule has 0 N–H and O–H groups in total. The zero-order valence-electron chi connectivity index (χ0n) is 9.01. The van der Waals surface area contributed by atoms with Gasteiger partial charge in [-0.1, -0.05) is 11.6 Å². The van der Waals surface area contributed by atoms with E-state index in [1.54, 1.807) is 0 Å². The molecular formula is C10H4BrClFN3O3. The highest BCUT2D eigenvalue weighted by Gasteiger charge is 2.19. The van der Waals surface area contributed by atoms with E-state index < -0.39 is 16.4 Å². The van der Waals surface area contributed by atoms with Crippen LogP contribution >= 0.6 is 27.5 Å². The van der Waals surface area contributed by atoms with Crippen LogP contribution in [0.5, 0.6) is 11.6 Å². The molecule has 0 fully saturated rings. The normalized spacial score (nSPS) is 10.3. The number of nitro groups is 1. The van der Waals surface area contributed by atoms with E-state index in [2.05, 4.69) is 25.9 Å². The summed E-state index contributed by atoms with van der Waals surface area (Å²) in [5.41, 5.74) is -0.512. The van der Waals surface area contributed by atoms with E-state index in [1.165, 1.54) is 0 Å². The first kappa shape index (κ1) is 13.6. The van der Waals surface area contributed by atoms with Crippen LogP contribution in [0.25, 0.3) is 0 Å². The molecule has 2 rings (SSSR count). The van der Waals surface area contributed by atoms with Gasteiger partial charge in [-0.2, -0.15) is 0 Å². The van der Waals surface area contributed by atoms with Gasteiger partial charge in [0.1, 0.15) is 16.6 Å². The molecule has 0 aliphatic carbocycles. The van der Waals surface area contributed by atoms with Gasteiger partial charge < -0.3 is 4.74 Å². The molecule has 0 amide bonds. The van der Waals surface area contributed by atoms with Gasteiger partial charge in [0.2, 0.25) is 11.6 Å². The summed E-state index contributed by atoms with van der Waals surface area (Å²) in [5.74, 6) is -0.893. The summed E-state index contributed by atoms with van der Waals surface area (Å²) in [6.45, 7) is 0. The van der Waals surface area contributed by atoms with Crippen LogP contribution in [0, 0.1) is 15.9 Å². The molecule has 0 aliphatic heterocycles. The number of aromatic nitrogens is 2. The van der Waals surface area contributed by atoms with Crippen molar-refractivity contribution in [2.75, 3.05) is 0 Å². The van der Waals surface area contributed by atoms with Gasteiger partial charge >= 0.3 is 5.69 Å². The molecule has 0 saturated carbocycles. The van der Waals surface area contributed by atoms with Crippen LogP contribution < -0.4 is 4.74 Å². The summed E-state index contributed by atoms with van der Waals surface area (Å²) in [6.07, 6.45) is 1.14. The van der Waals surface area contributed by atoms with Crippen molar-refractivity contribution < 1.29 is 14.1 Å². The smallest absolute Gasteiger partial charge is 0.314 e. The molecule has 0 atom stereocenters. The van der Waals surface area contributed by atoms with Gasteiger partial charge in [-0.05, 0) is 28.1 Å². The van der Waals surface area contributed by atoms with Crippen LogP contribution in [0.15, 0.2) is 29.0 Å². The number of hydrogen-bond donors (Lipinski definition) is 0. The average Bonchev–Trinajstić information content (AvgIpc) is 2.36. The van der Waals surface area contributed by atoms with Crippen LogP contribution in [0.3, 0.4) is 0 Å². The van der Waals surface area contributed by atoms with Crippen molar-refractivity contribution in [1.29, 1.82) is 0 Å². The highest BCUT2D eigenvalue weighted by Crippen LogP contribution is 2.35. The van der Waals surface area contributed by atoms with E-state index in [4.69, 9.17) is 16.3 Å². The van der Waals surface area contributed by atoms with Crippen LogP contribution in [0.1, 0.15) is 0 Å². The molecule has 2 aromatic rings. The number of nitrogens with zero attached hydrogens (tertiary/aromatic N) is 3. The Morgan fingerprint density at radius 1 is 1.42 bits per heavy atom. The lowest BCUT2D eigenvalue weighted by molar-refractivity contribution is -0.385. The van der Waals surface area contributed by atoms with Crippen LogP contribution in [0.4, 0.5) is 10.1 Å². The van der Waals surface area contributed by atoms with Gasteiger partial charge in [-0.15, -0.1) is 0 Å². The largest absolute Gasteiger partial charge is 0.430 e. The van der Waals surface area contributed by atoms with Crippen molar-refractivity contribution in [3.63, 3.8) is 0 Å². The Labute approximate surface area is 119 Å². The van der Waals surface area contributed by atoms with Gasteiger partial charge in [0.05, 0.1) is 11.0 Å². The number of halogens is 3. The fourth-order valence-corrected chi connectivity index (χ4v) is 1.64. The van der Waals surface area contributed by atoms with Crippen molar-refractivity contribution in [3.05, 3.63) is 50.1 Å². The monoisotopic (exact) mass is 347 g/mol. The Balaban J connectivity index is 2.44. The quantitative estimate of drug-likeness (QED) is 0.480. The van der Waals surface area contributed by atoms with E-state index in [0.717, 1.165) is 24.5 Å². The van der Waals surface area contributed by atoms with E-state index in [9.17, 15) is 14.5 Å². The number of benzene rings is 1. The molecule has 9 heteroatoms. The van der Waals surface area contributed by atoms with Crippen molar-refractivity contribution >= 4 is 33.2 Å². The van der Waals surface area contributed by atoms with Crippen LogP contribution in [0.2, 0.25) is 5.15 Å². The highest BCUT2D eigenvalue weighted by atomic mass is 79.9. The lowest BCUT2D eigenvalue weighted by atomic mass is 10.3. The second-order valence-corrected chi connectivity index (χ2v) is 4.41. The van der Waals surface area contributed by atoms with Crippen molar-refractivity contribution in [2.45, 2.75) is 0 Å². The SMILES string of the molecule is O=[N+]([O-])c1cc(F)ccc1Oc1ncnc(Cl)c1Br. The molecule has 1 heterocycles. The minimum absolute atomic E-state index is 0.00490. The second kappa shape index (κ2) is 5.45. The first-order valence-electron chi connectivity index (χ1n) is 4.77. The topological polar surface area (TPSA) is 78.2 Å². The highest BCUT2D eigenvalue weighted by molar-refractivity contribution is 9.10. The molecule has 0 saturated heterocycles. The Morgan fingerprint density at radius 3 is 2.84 bits per heavy atom. The van der Waals surface area contributed by atoms with Crippen molar-refractivity contribution in [2.24, 2.45) is 0 Å². The van der Waals surface area contributed by atoms with Gasteiger partial charge in [-0.25, -0.2) is 14.4 Å². The molecule has 0 spiro atoms. The Morgan fingerprint density at radius 2 is 2.16 bits per heavy atom. The maximum Gasteiger partial charge on any atom is 0.314 e. The van der Waals surface area contributed by atoms with Gasteiger partial charge in [-0.3, -0.25) is 10.1 Å². The summed E-state index contributed by atoms with van der Waals surface area (Å²) in [7, 11) is 0. The summed E-state index contributed by atoms with van der Waals surface area (Å²) in [6, 6.07) is 2.93. The molecular weight excluding hydrogens is 344 g/mol. The number of rotatable bonds is 3. The van der Waals surface area contributed by atoms with Gasteiger partial charge in [0, 0.05) is 0 Å². The van der Waals surface area contributed by atoms with E-state index >= 15 is 0 Å². The van der Waals surface area contributed by atoms with Crippen molar-refractivity contribution in [1.82, 2.24) is 9.97 Å². The number of ether oxygens (including phenoxy) is 1. The standard InChI is InChI=1S/C10H4BrClFN3O3/c11-8-9(12)14-4-15-10(8)19-7-2-1-5(13)3-6(7)16(17)18/h1-4H. The Kier molecular flexibility index (Phi) is 3.91. The minimum atomic E-state index is -0.755. The molecule has 0 bridgehead atoms. The Hall–Kier alpha value is -1.80. The average molecular weight is 349 g/mol. The first-order chi connectivity index (χ1) is 8.99. The zero-order valence-corrected chi connectivity index (χ0v) is 11.4. The number of nitro benzene ring substituents is 1. The first-order valence-corrected chi connectivity index (χ1v) is 5.94. The van der Waals surface area contributed by atoms with E-state index in [1.807, 2.05) is 0 Å². The predicted octanol–water partition coefficient (Wildman–Crippen LogP) is 3.73. The van der Waals surface area contributed by atoms with E-state index in [-0.39, 0.29) is 21.3 Å². The van der Waals surface area contributed by atoms with Gasteiger partial charge in [0.15, 0.2) is 5.15 Å². The molecule has 19 heavy (non-hydrogen) atoms. The lowest BCUT2D eigenvalue weighted by Gasteiger charge is -2.07. The third-order valence-electron chi connectivity index (χ3n) is 2.04. The summed E-state index contributed by atoms with van der Waals surface area (Å²) < 4.78 is 18.5. The molecule has 0 unspecified atom stereocenters. The van der Waals surface area contributed by atoms with Crippen LogP contribution in [-0.4, -0.2) is 14.9 Å². The maximum absolute atomic E-state index is 13.0. The molecule has 0 radical (unpaired) electrons. The maximum atomic E-state index is 13.0. The Bertz CT molecular complexity index is 656. The second-order valence-electron chi connectivity index (χ2n) is 3.25. The summed E-state index contributed by atoms with van der Waals surface area (Å²) in [4.78, 5) is 17.5. The van der Waals surface area contributed by atoms with Gasteiger partial charge in [0.25, 0.3) is 0 Å². The third-order valence-corrected chi connectivity index (χ3v) is 3.27. The van der Waals surface area contributed by atoms with E-state index in [0.29, 0.717) is 0 Å².